The molecule has 2 aromatic rings. The number of likely N-dealkylation sites (tertiary alicyclic amines) is 1. The average Bonchev–Trinajstić information content (AvgIpc) is 2.82. The average molecular weight is 282 g/mol. The largest absolute Gasteiger partial charge is 0.285 e. The van der Waals surface area contributed by atoms with E-state index in [2.05, 4.69) is 22.9 Å². The Labute approximate surface area is 126 Å². The van der Waals surface area contributed by atoms with Gasteiger partial charge in [0.2, 0.25) is 0 Å². The predicted octanol–water partition coefficient (Wildman–Crippen LogP) is 3.00. The van der Waals surface area contributed by atoms with Gasteiger partial charge in [-0.2, -0.15) is 0 Å². The molecule has 0 unspecified atom stereocenters. The van der Waals surface area contributed by atoms with Crippen LogP contribution in [0.15, 0.2) is 30.5 Å². The van der Waals surface area contributed by atoms with Crippen molar-refractivity contribution in [2.45, 2.75) is 45.7 Å². The third kappa shape index (κ3) is 2.81. The molecule has 0 bridgehead atoms. The molecule has 0 N–H and O–H groups in total. The van der Waals surface area contributed by atoms with Gasteiger partial charge in [0.25, 0.3) is 0 Å². The Balaban J connectivity index is 1.91. The summed E-state index contributed by atoms with van der Waals surface area (Å²) in [6.07, 6.45) is 4.14. The third-order valence-corrected chi connectivity index (χ3v) is 4.33. The second-order valence-electron chi connectivity index (χ2n) is 6.09. The zero-order valence-corrected chi connectivity index (χ0v) is 13.0. The first-order valence-corrected chi connectivity index (χ1v) is 7.56. The lowest BCUT2D eigenvalue weighted by atomic mass is 9.97. The lowest BCUT2D eigenvalue weighted by Crippen LogP contribution is -2.40. The van der Waals surface area contributed by atoms with Crippen molar-refractivity contribution in [1.29, 1.82) is 0 Å². The molecule has 1 aliphatic rings. The van der Waals surface area contributed by atoms with Gasteiger partial charge in [-0.3, -0.25) is 9.88 Å². The summed E-state index contributed by atoms with van der Waals surface area (Å²) in [7, 11) is 0. The molecule has 1 atom stereocenters. The Kier molecular flexibility index (Phi) is 3.72. The molecule has 0 saturated carbocycles. The van der Waals surface area contributed by atoms with Crippen LogP contribution in [0.25, 0.3) is 0 Å². The first-order valence-electron chi connectivity index (χ1n) is 7.56. The Morgan fingerprint density at radius 3 is 2.62 bits per heavy atom. The summed E-state index contributed by atoms with van der Waals surface area (Å²) in [6.45, 7) is 8.27. The highest BCUT2D eigenvalue weighted by Crippen LogP contribution is 2.37. The van der Waals surface area contributed by atoms with E-state index in [0.717, 1.165) is 42.4 Å². The van der Waals surface area contributed by atoms with Crippen LogP contribution in [0, 0.1) is 13.8 Å². The number of hydrogen-bond donors (Lipinski definition) is 0. The van der Waals surface area contributed by atoms with Gasteiger partial charge >= 0.3 is 0 Å². The SMILES string of the molecule is Cc1cc(C)nc([C@]2(C)CCCN2Cc2ccccn2)n1. The molecule has 3 rings (SSSR count). The maximum absolute atomic E-state index is 4.71. The Bertz CT molecular complexity index is 606. The van der Waals surface area contributed by atoms with Gasteiger partial charge in [-0.1, -0.05) is 6.07 Å². The lowest BCUT2D eigenvalue weighted by Gasteiger charge is -2.34. The van der Waals surface area contributed by atoms with Crippen LogP contribution >= 0.6 is 0 Å². The fourth-order valence-corrected chi connectivity index (χ4v) is 3.18. The minimum atomic E-state index is -0.0890. The van der Waals surface area contributed by atoms with Crippen molar-refractivity contribution in [3.63, 3.8) is 0 Å². The van der Waals surface area contributed by atoms with E-state index in [9.17, 15) is 0 Å². The van der Waals surface area contributed by atoms with Crippen LogP contribution in [-0.4, -0.2) is 26.4 Å². The molecule has 0 amide bonds. The molecule has 1 fully saturated rings. The number of rotatable bonds is 3. The van der Waals surface area contributed by atoms with Gasteiger partial charge in [-0.25, -0.2) is 9.97 Å². The zero-order valence-electron chi connectivity index (χ0n) is 13.0. The smallest absolute Gasteiger partial charge is 0.148 e. The van der Waals surface area contributed by atoms with Gasteiger partial charge in [0, 0.05) is 24.1 Å². The summed E-state index contributed by atoms with van der Waals surface area (Å²) < 4.78 is 0. The van der Waals surface area contributed by atoms with Crippen LogP contribution in [0.1, 0.15) is 42.7 Å². The topological polar surface area (TPSA) is 41.9 Å². The summed E-state index contributed by atoms with van der Waals surface area (Å²) in [5.74, 6) is 0.952. The monoisotopic (exact) mass is 282 g/mol. The minimum absolute atomic E-state index is 0.0890. The zero-order chi connectivity index (χ0) is 14.9. The van der Waals surface area contributed by atoms with E-state index in [1.807, 2.05) is 38.2 Å². The Hall–Kier alpha value is -1.81. The van der Waals surface area contributed by atoms with Gasteiger partial charge in [0.15, 0.2) is 0 Å². The van der Waals surface area contributed by atoms with Gasteiger partial charge in [0.1, 0.15) is 5.82 Å². The second kappa shape index (κ2) is 5.53. The van der Waals surface area contributed by atoms with Crippen LogP contribution in [0.4, 0.5) is 0 Å². The van der Waals surface area contributed by atoms with E-state index in [0.29, 0.717) is 0 Å². The molecule has 4 heteroatoms. The van der Waals surface area contributed by atoms with Crippen molar-refractivity contribution >= 4 is 0 Å². The summed E-state index contributed by atoms with van der Waals surface area (Å²) in [5, 5.41) is 0. The highest BCUT2D eigenvalue weighted by atomic mass is 15.2. The Morgan fingerprint density at radius 1 is 1.19 bits per heavy atom. The number of aromatic nitrogens is 3. The highest BCUT2D eigenvalue weighted by molar-refractivity contribution is 5.16. The van der Waals surface area contributed by atoms with E-state index in [4.69, 9.17) is 9.97 Å². The van der Waals surface area contributed by atoms with E-state index >= 15 is 0 Å². The van der Waals surface area contributed by atoms with Crippen LogP contribution in [0.2, 0.25) is 0 Å². The van der Waals surface area contributed by atoms with E-state index < -0.39 is 0 Å². The molecule has 0 aliphatic carbocycles. The van der Waals surface area contributed by atoms with E-state index in [-0.39, 0.29) is 5.54 Å². The van der Waals surface area contributed by atoms with E-state index in [1.54, 1.807) is 0 Å². The molecule has 1 aliphatic heterocycles. The van der Waals surface area contributed by atoms with Crippen LogP contribution in [-0.2, 0) is 12.1 Å². The number of aryl methyl sites for hydroxylation is 2. The molecule has 0 spiro atoms. The van der Waals surface area contributed by atoms with Gasteiger partial charge in [-0.05, 0) is 58.4 Å². The third-order valence-electron chi connectivity index (χ3n) is 4.33. The quantitative estimate of drug-likeness (QED) is 0.868. The van der Waals surface area contributed by atoms with Crippen molar-refractivity contribution in [2.75, 3.05) is 6.54 Å². The normalized spacial score (nSPS) is 22.6. The molecule has 3 heterocycles. The molecule has 110 valence electrons. The molecule has 0 radical (unpaired) electrons. The molecule has 0 aromatic carbocycles. The molecular formula is C17H22N4. The summed E-state index contributed by atoms with van der Waals surface area (Å²) >= 11 is 0. The van der Waals surface area contributed by atoms with Crippen LogP contribution in [0.3, 0.4) is 0 Å². The van der Waals surface area contributed by atoms with Crippen molar-refractivity contribution in [2.24, 2.45) is 0 Å². The fourth-order valence-electron chi connectivity index (χ4n) is 3.18. The number of hydrogen-bond acceptors (Lipinski definition) is 4. The summed E-state index contributed by atoms with van der Waals surface area (Å²) in [5.41, 5.74) is 3.11. The number of nitrogens with zero attached hydrogens (tertiary/aromatic N) is 4. The number of pyridine rings is 1. The molecular weight excluding hydrogens is 260 g/mol. The maximum atomic E-state index is 4.71. The van der Waals surface area contributed by atoms with Crippen LogP contribution < -0.4 is 0 Å². The minimum Gasteiger partial charge on any atom is -0.285 e. The first kappa shape index (κ1) is 14.1. The first-order chi connectivity index (χ1) is 10.1. The van der Waals surface area contributed by atoms with Crippen molar-refractivity contribution in [3.8, 4) is 0 Å². The molecule has 4 nitrogen and oxygen atoms in total. The van der Waals surface area contributed by atoms with Crippen molar-refractivity contribution < 1.29 is 0 Å². The fraction of sp³-hybridized carbons (Fsp3) is 0.471. The standard InChI is InChI=1S/C17H22N4/c1-13-11-14(2)20-16(19-13)17(3)8-6-10-21(17)12-15-7-4-5-9-18-15/h4-5,7,9,11H,6,8,10,12H2,1-3H3/t17-/m0/s1. The van der Waals surface area contributed by atoms with Crippen molar-refractivity contribution in [3.05, 3.63) is 53.4 Å². The predicted molar refractivity (Wildman–Crippen MR) is 82.7 cm³/mol. The Morgan fingerprint density at radius 2 is 1.95 bits per heavy atom. The maximum Gasteiger partial charge on any atom is 0.148 e. The van der Waals surface area contributed by atoms with Gasteiger partial charge in [-0.15, -0.1) is 0 Å². The van der Waals surface area contributed by atoms with E-state index in [1.165, 1.54) is 6.42 Å². The van der Waals surface area contributed by atoms with Crippen molar-refractivity contribution in [1.82, 2.24) is 19.9 Å². The second-order valence-corrected chi connectivity index (χ2v) is 6.09. The highest BCUT2D eigenvalue weighted by Gasteiger charge is 2.40. The van der Waals surface area contributed by atoms with Gasteiger partial charge in [0.05, 0.1) is 11.2 Å². The molecule has 1 saturated heterocycles. The summed E-state index contributed by atoms with van der Waals surface area (Å²) in [4.78, 5) is 16.3. The van der Waals surface area contributed by atoms with Gasteiger partial charge < -0.3 is 0 Å². The molecule has 21 heavy (non-hydrogen) atoms. The summed E-state index contributed by atoms with van der Waals surface area (Å²) in [6, 6.07) is 8.12. The lowest BCUT2D eigenvalue weighted by molar-refractivity contribution is 0.135. The molecule has 2 aromatic heterocycles. The van der Waals surface area contributed by atoms with Crippen LogP contribution in [0.5, 0.6) is 0 Å².